The highest BCUT2D eigenvalue weighted by atomic mass is 19.1. The van der Waals surface area contributed by atoms with Crippen LogP contribution in [0.25, 0.3) is 0 Å². The van der Waals surface area contributed by atoms with Crippen molar-refractivity contribution in [3.05, 3.63) is 35.6 Å². The van der Waals surface area contributed by atoms with Gasteiger partial charge in [0.05, 0.1) is 0 Å². The topological polar surface area (TPSA) is 32.3 Å². The van der Waals surface area contributed by atoms with Gasteiger partial charge < -0.3 is 10.2 Å². The average Bonchev–Trinajstić information content (AvgIpc) is 2.36. The Morgan fingerprint density at radius 1 is 1.26 bits per heavy atom. The maximum atomic E-state index is 12.8. The number of carbonyl (C=O) groups is 1. The first kappa shape index (κ1) is 14.0. The fourth-order valence-corrected chi connectivity index (χ4v) is 2.59. The number of hydrogen-bond donors (Lipinski definition) is 1. The van der Waals surface area contributed by atoms with E-state index in [9.17, 15) is 9.18 Å². The average molecular weight is 264 g/mol. The zero-order valence-electron chi connectivity index (χ0n) is 11.5. The lowest BCUT2D eigenvalue weighted by molar-refractivity contribution is -0.132. The third-order valence-corrected chi connectivity index (χ3v) is 3.45. The molecule has 1 saturated heterocycles. The maximum Gasteiger partial charge on any atom is 0.223 e. The monoisotopic (exact) mass is 264 g/mol. The van der Waals surface area contributed by atoms with Crippen LogP contribution in [0.1, 0.15) is 25.8 Å². The quantitative estimate of drug-likeness (QED) is 0.905. The van der Waals surface area contributed by atoms with Gasteiger partial charge in [-0.2, -0.15) is 0 Å². The largest absolute Gasteiger partial charge is 0.340 e. The Bertz CT molecular complexity index is 422. The third-order valence-electron chi connectivity index (χ3n) is 3.45. The molecule has 0 bridgehead atoms. The molecule has 1 aromatic rings. The molecule has 0 spiro atoms. The van der Waals surface area contributed by atoms with Crippen LogP contribution in [0.5, 0.6) is 0 Å². The number of rotatable bonds is 3. The first-order chi connectivity index (χ1) is 9.04. The molecule has 1 aromatic carbocycles. The number of hydrogen-bond acceptors (Lipinski definition) is 2. The molecule has 0 aromatic heterocycles. The lowest BCUT2D eigenvalue weighted by Gasteiger charge is -2.36. The number of piperazine rings is 1. The van der Waals surface area contributed by atoms with Gasteiger partial charge >= 0.3 is 0 Å². The summed E-state index contributed by atoms with van der Waals surface area (Å²) in [5, 5.41) is 3.41. The van der Waals surface area contributed by atoms with Crippen molar-refractivity contribution in [1.82, 2.24) is 10.2 Å². The van der Waals surface area contributed by atoms with Crippen molar-refractivity contribution in [3.63, 3.8) is 0 Å². The molecule has 1 aliphatic heterocycles. The van der Waals surface area contributed by atoms with Crippen LogP contribution in [0.4, 0.5) is 4.39 Å². The van der Waals surface area contributed by atoms with Crippen molar-refractivity contribution < 1.29 is 9.18 Å². The number of aryl methyl sites for hydroxylation is 1. The molecule has 1 aliphatic rings. The van der Waals surface area contributed by atoms with Gasteiger partial charge in [0.15, 0.2) is 0 Å². The zero-order chi connectivity index (χ0) is 13.8. The summed E-state index contributed by atoms with van der Waals surface area (Å²) >= 11 is 0. The minimum Gasteiger partial charge on any atom is -0.340 e. The number of halogens is 1. The van der Waals surface area contributed by atoms with E-state index in [1.165, 1.54) is 12.1 Å². The predicted octanol–water partition coefficient (Wildman–Crippen LogP) is 1.97. The molecule has 1 heterocycles. The number of benzene rings is 1. The van der Waals surface area contributed by atoms with Gasteiger partial charge in [-0.3, -0.25) is 4.79 Å². The molecular weight excluding hydrogens is 243 g/mol. The number of carbonyl (C=O) groups excluding carboxylic acids is 1. The summed E-state index contributed by atoms with van der Waals surface area (Å²) in [6.45, 7) is 5.73. The lowest BCUT2D eigenvalue weighted by atomic mass is 10.1. The third kappa shape index (κ3) is 4.03. The van der Waals surface area contributed by atoms with E-state index in [0.29, 0.717) is 24.9 Å². The number of nitrogens with zero attached hydrogens (tertiary/aromatic N) is 1. The highest BCUT2D eigenvalue weighted by molar-refractivity contribution is 5.76. The lowest BCUT2D eigenvalue weighted by Crippen LogP contribution is -2.55. The molecule has 2 rings (SSSR count). The van der Waals surface area contributed by atoms with Crippen molar-refractivity contribution in [2.24, 2.45) is 0 Å². The van der Waals surface area contributed by atoms with Crippen LogP contribution in [-0.4, -0.2) is 36.0 Å². The zero-order valence-corrected chi connectivity index (χ0v) is 11.5. The Hall–Kier alpha value is -1.42. The molecule has 104 valence electrons. The molecule has 2 atom stereocenters. The van der Waals surface area contributed by atoms with Crippen molar-refractivity contribution in [3.8, 4) is 0 Å². The highest BCUT2D eigenvalue weighted by Crippen LogP contribution is 2.10. The fourth-order valence-electron chi connectivity index (χ4n) is 2.59. The maximum absolute atomic E-state index is 12.8. The summed E-state index contributed by atoms with van der Waals surface area (Å²) in [7, 11) is 0. The standard InChI is InChI=1S/C15H21FN2O/c1-11-9-18(10-12(2)17-11)15(19)8-5-13-3-6-14(16)7-4-13/h3-4,6-7,11-12,17H,5,8-10H2,1-2H3/t11-,12-/m0/s1. The summed E-state index contributed by atoms with van der Waals surface area (Å²) in [6, 6.07) is 7.05. The van der Waals surface area contributed by atoms with Gasteiger partial charge in [0.1, 0.15) is 5.82 Å². The van der Waals surface area contributed by atoms with Crippen molar-refractivity contribution in [1.29, 1.82) is 0 Å². The normalized spacial score (nSPS) is 23.4. The Labute approximate surface area is 113 Å². The second-order valence-electron chi connectivity index (χ2n) is 5.39. The molecule has 0 radical (unpaired) electrons. The molecule has 1 fully saturated rings. The second kappa shape index (κ2) is 6.15. The Kier molecular flexibility index (Phi) is 4.53. The van der Waals surface area contributed by atoms with E-state index < -0.39 is 0 Å². The van der Waals surface area contributed by atoms with E-state index >= 15 is 0 Å². The van der Waals surface area contributed by atoms with Gasteiger partial charge in [0.2, 0.25) is 5.91 Å². The van der Waals surface area contributed by atoms with Gasteiger partial charge in [-0.25, -0.2) is 4.39 Å². The molecule has 0 unspecified atom stereocenters. The molecule has 1 amide bonds. The van der Waals surface area contributed by atoms with E-state index in [0.717, 1.165) is 18.7 Å². The second-order valence-corrected chi connectivity index (χ2v) is 5.39. The minimum atomic E-state index is -0.236. The van der Waals surface area contributed by atoms with Crippen LogP contribution in [0.15, 0.2) is 24.3 Å². The van der Waals surface area contributed by atoms with E-state index in [2.05, 4.69) is 19.2 Å². The number of nitrogens with one attached hydrogen (secondary N) is 1. The van der Waals surface area contributed by atoms with Crippen molar-refractivity contribution in [2.75, 3.05) is 13.1 Å². The molecule has 19 heavy (non-hydrogen) atoms. The van der Waals surface area contributed by atoms with Gasteiger partial charge in [0, 0.05) is 31.6 Å². The van der Waals surface area contributed by atoms with Gasteiger partial charge in [-0.15, -0.1) is 0 Å². The predicted molar refractivity (Wildman–Crippen MR) is 73.4 cm³/mol. The summed E-state index contributed by atoms with van der Waals surface area (Å²) in [4.78, 5) is 14.1. The van der Waals surface area contributed by atoms with Gasteiger partial charge in [0.25, 0.3) is 0 Å². The Morgan fingerprint density at radius 2 is 1.84 bits per heavy atom. The van der Waals surface area contributed by atoms with Gasteiger partial charge in [-0.1, -0.05) is 12.1 Å². The van der Waals surface area contributed by atoms with E-state index in [1.54, 1.807) is 12.1 Å². The van der Waals surface area contributed by atoms with E-state index in [-0.39, 0.29) is 11.7 Å². The first-order valence-corrected chi connectivity index (χ1v) is 6.83. The molecule has 0 aliphatic carbocycles. The molecule has 1 N–H and O–H groups in total. The Balaban J connectivity index is 1.85. The van der Waals surface area contributed by atoms with Crippen LogP contribution in [0.3, 0.4) is 0 Å². The molecule has 3 nitrogen and oxygen atoms in total. The van der Waals surface area contributed by atoms with Crippen molar-refractivity contribution >= 4 is 5.91 Å². The molecule has 4 heteroatoms. The highest BCUT2D eigenvalue weighted by Gasteiger charge is 2.24. The van der Waals surface area contributed by atoms with Crippen LogP contribution < -0.4 is 5.32 Å². The van der Waals surface area contributed by atoms with Gasteiger partial charge in [-0.05, 0) is 38.0 Å². The fraction of sp³-hybridized carbons (Fsp3) is 0.533. The smallest absolute Gasteiger partial charge is 0.223 e. The van der Waals surface area contributed by atoms with Crippen LogP contribution in [0, 0.1) is 5.82 Å². The molecule has 0 saturated carbocycles. The summed E-state index contributed by atoms with van der Waals surface area (Å²) in [5.74, 6) is -0.0515. The first-order valence-electron chi connectivity index (χ1n) is 6.83. The Morgan fingerprint density at radius 3 is 2.42 bits per heavy atom. The molecular formula is C15H21FN2O. The summed E-state index contributed by atoms with van der Waals surface area (Å²) in [6.07, 6.45) is 1.16. The van der Waals surface area contributed by atoms with E-state index in [4.69, 9.17) is 0 Å². The minimum absolute atomic E-state index is 0.185. The SMILES string of the molecule is C[C@H]1CN(C(=O)CCc2ccc(F)cc2)C[C@H](C)N1. The van der Waals surface area contributed by atoms with E-state index in [1.807, 2.05) is 4.90 Å². The summed E-state index contributed by atoms with van der Waals surface area (Å²) in [5.41, 5.74) is 1.01. The van der Waals surface area contributed by atoms with Crippen LogP contribution >= 0.6 is 0 Å². The number of amides is 1. The van der Waals surface area contributed by atoms with Crippen LogP contribution in [-0.2, 0) is 11.2 Å². The van der Waals surface area contributed by atoms with Crippen molar-refractivity contribution in [2.45, 2.75) is 38.8 Å². The van der Waals surface area contributed by atoms with Crippen LogP contribution in [0.2, 0.25) is 0 Å². The summed E-state index contributed by atoms with van der Waals surface area (Å²) < 4.78 is 12.8.